The van der Waals surface area contributed by atoms with Crippen molar-refractivity contribution in [1.82, 2.24) is 9.29 Å². The van der Waals surface area contributed by atoms with Gasteiger partial charge in [-0.2, -0.15) is 4.31 Å². The van der Waals surface area contributed by atoms with Gasteiger partial charge in [0.25, 0.3) is 0 Å². The first kappa shape index (κ1) is 16.3. The van der Waals surface area contributed by atoms with Gasteiger partial charge in [-0.25, -0.2) is 8.42 Å². The summed E-state index contributed by atoms with van der Waals surface area (Å²) >= 11 is 0. The molecule has 2 rings (SSSR count). The molecular weight excluding hydrogens is 304 g/mol. The van der Waals surface area contributed by atoms with Crippen molar-refractivity contribution in [3.05, 3.63) is 48.3 Å². The van der Waals surface area contributed by atoms with E-state index >= 15 is 0 Å². The summed E-state index contributed by atoms with van der Waals surface area (Å²) in [5.74, 6) is 1.25. The van der Waals surface area contributed by atoms with Gasteiger partial charge in [0.2, 0.25) is 10.0 Å². The van der Waals surface area contributed by atoms with E-state index < -0.39 is 10.0 Å². The minimum Gasteiger partial charge on any atom is -0.497 e. The van der Waals surface area contributed by atoms with Crippen LogP contribution in [-0.2, 0) is 16.6 Å². The summed E-state index contributed by atoms with van der Waals surface area (Å²) in [5, 5.41) is 0. The molecule has 6 nitrogen and oxygen atoms in total. The molecule has 7 heteroatoms. The Morgan fingerprint density at radius 2 is 1.95 bits per heavy atom. The molecule has 0 atom stereocenters. The molecule has 0 saturated heterocycles. The molecule has 0 radical (unpaired) electrons. The fourth-order valence-electron chi connectivity index (χ4n) is 2.01. The van der Waals surface area contributed by atoms with Gasteiger partial charge in [-0.15, -0.1) is 0 Å². The van der Waals surface area contributed by atoms with Crippen molar-refractivity contribution in [3.63, 3.8) is 0 Å². The largest absolute Gasteiger partial charge is 0.497 e. The Bertz CT molecular complexity index is 732. The summed E-state index contributed by atoms with van der Waals surface area (Å²) in [6, 6.07) is 8.37. The van der Waals surface area contributed by atoms with Crippen LogP contribution >= 0.6 is 0 Å². The Balaban J connectivity index is 2.30. The lowest BCUT2D eigenvalue weighted by atomic mass is 10.2. The Morgan fingerprint density at radius 1 is 1.18 bits per heavy atom. The average Bonchev–Trinajstić information content (AvgIpc) is 2.55. The molecule has 1 aromatic carbocycles. The van der Waals surface area contributed by atoms with Crippen LogP contribution in [0, 0.1) is 0 Å². The molecule has 2 aromatic rings. The van der Waals surface area contributed by atoms with Gasteiger partial charge < -0.3 is 9.47 Å². The van der Waals surface area contributed by atoms with Crippen LogP contribution in [0.2, 0.25) is 0 Å². The third-order valence-electron chi connectivity index (χ3n) is 3.22. The number of hydrogen-bond acceptors (Lipinski definition) is 5. The van der Waals surface area contributed by atoms with Gasteiger partial charge in [0.1, 0.15) is 16.4 Å². The van der Waals surface area contributed by atoms with Crippen molar-refractivity contribution in [2.75, 3.05) is 21.3 Å². The lowest BCUT2D eigenvalue weighted by molar-refractivity contribution is 0.389. The van der Waals surface area contributed by atoms with Gasteiger partial charge >= 0.3 is 0 Å². The first-order valence-corrected chi connectivity index (χ1v) is 8.00. The number of benzene rings is 1. The maximum absolute atomic E-state index is 12.5. The SMILES string of the molecule is COc1ccc(OC)c(CN(C)S(=O)(=O)c2cccnc2)c1. The van der Waals surface area contributed by atoms with Gasteiger partial charge in [-0.05, 0) is 30.3 Å². The van der Waals surface area contributed by atoms with Crippen LogP contribution in [0.3, 0.4) is 0 Å². The fraction of sp³-hybridized carbons (Fsp3) is 0.267. The van der Waals surface area contributed by atoms with Crippen molar-refractivity contribution in [3.8, 4) is 11.5 Å². The maximum Gasteiger partial charge on any atom is 0.244 e. The van der Waals surface area contributed by atoms with E-state index in [1.807, 2.05) is 0 Å². The maximum atomic E-state index is 12.5. The zero-order valence-electron chi connectivity index (χ0n) is 12.7. The monoisotopic (exact) mass is 322 g/mol. The molecule has 0 bridgehead atoms. The molecule has 0 aliphatic rings. The number of methoxy groups -OCH3 is 2. The number of rotatable bonds is 6. The van der Waals surface area contributed by atoms with Crippen molar-refractivity contribution in [2.24, 2.45) is 0 Å². The molecule has 0 aliphatic carbocycles. The number of hydrogen-bond donors (Lipinski definition) is 0. The van der Waals surface area contributed by atoms with E-state index in [0.717, 1.165) is 5.56 Å². The summed E-state index contributed by atoms with van der Waals surface area (Å²) in [7, 11) is 1.01. The topological polar surface area (TPSA) is 68.7 Å². The highest BCUT2D eigenvalue weighted by Crippen LogP contribution is 2.26. The predicted molar refractivity (Wildman–Crippen MR) is 82.4 cm³/mol. The van der Waals surface area contributed by atoms with Crippen LogP contribution in [0.15, 0.2) is 47.6 Å². The van der Waals surface area contributed by atoms with Gasteiger partial charge in [-0.3, -0.25) is 4.98 Å². The molecule has 1 aromatic heterocycles. The molecule has 0 N–H and O–H groups in total. The van der Waals surface area contributed by atoms with E-state index in [4.69, 9.17) is 9.47 Å². The molecule has 22 heavy (non-hydrogen) atoms. The Kier molecular flexibility index (Phi) is 4.99. The minimum absolute atomic E-state index is 0.152. The third-order valence-corrected chi connectivity index (χ3v) is 5.01. The van der Waals surface area contributed by atoms with E-state index in [-0.39, 0.29) is 11.4 Å². The molecule has 0 fully saturated rings. The van der Waals surface area contributed by atoms with E-state index in [1.165, 1.54) is 29.8 Å². The van der Waals surface area contributed by atoms with Crippen molar-refractivity contribution in [1.29, 1.82) is 0 Å². The van der Waals surface area contributed by atoms with Gasteiger partial charge in [0, 0.05) is 31.5 Å². The Labute approximate surface area is 130 Å². The fourth-order valence-corrected chi connectivity index (χ4v) is 3.12. The van der Waals surface area contributed by atoms with Crippen LogP contribution in [-0.4, -0.2) is 39.0 Å². The number of nitrogens with zero attached hydrogens (tertiary/aromatic N) is 2. The summed E-state index contributed by atoms with van der Waals surface area (Å²) in [4.78, 5) is 4.00. The minimum atomic E-state index is -3.61. The third kappa shape index (κ3) is 3.37. The normalized spacial score (nSPS) is 11.5. The first-order chi connectivity index (χ1) is 10.5. The molecule has 118 valence electrons. The number of ether oxygens (including phenoxy) is 2. The van der Waals surface area contributed by atoms with Crippen molar-refractivity contribution in [2.45, 2.75) is 11.4 Å². The molecule has 0 unspecified atom stereocenters. The second-order valence-corrected chi connectivity index (χ2v) is 6.67. The van der Waals surface area contributed by atoms with Crippen LogP contribution in [0.25, 0.3) is 0 Å². The smallest absolute Gasteiger partial charge is 0.244 e. The second-order valence-electron chi connectivity index (χ2n) is 4.63. The van der Waals surface area contributed by atoms with Gasteiger partial charge in [-0.1, -0.05) is 0 Å². The first-order valence-electron chi connectivity index (χ1n) is 6.56. The predicted octanol–water partition coefficient (Wildman–Crippen LogP) is 1.92. The van der Waals surface area contributed by atoms with Crippen LogP contribution < -0.4 is 9.47 Å². The average molecular weight is 322 g/mol. The molecule has 0 saturated carbocycles. The summed E-state index contributed by atoms with van der Waals surface area (Å²) in [6.45, 7) is 0.164. The van der Waals surface area contributed by atoms with Gasteiger partial charge in [0.15, 0.2) is 0 Å². The Morgan fingerprint density at radius 3 is 2.55 bits per heavy atom. The molecular formula is C15H18N2O4S. The number of sulfonamides is 1. The molecule has 0 aliphatic heterocycles. The second kappa shape index (κ2) is 6.76. The van der Waals surface area contributed by atoms with E-state index in [0.29, 0.717) is 11.5 Å². The lowest BCUT2D eigenvalue weighted by Gasteiger charge is -2.19. The quantitative estimate of drug-likeness (QED) is 0.813. The molecule has 0 amide bonds. The van der Waals surface area contributed by atoms with Crippen molar-refractivity contribution >= 4 is 10.0 Å². The standard InChI is InChI=1S/C15H18N2O4S/c1-17(22(18,19)14-5-4-8-16-10-14)11-12-9-13(20-2)6-7-15(12)21-3/h4-10H,11H2,1-3H3. The zero-order chi connectivity index (χ0) is 16.2. The van der Waals surface area contributed by atoms with E-state index in [2.05, 4.69) is 4.98 Å². The van der Waals surface area contributed by atoms with Crippen molar-refractivity contribution < 1.29 is 17.9 Å². The Hall–Kier alpha value is -2.12. The summed E-state index contributed by atoms with van der Waals surface area (Å²) in [5.41, 5.74) is 0.719. The number of pyridine rings is 1. The molecule has 1 heterocycles. The highest BCUT2D eigenvalue weighted by atomic mass is 32.2. The highest BCUT2D eigenvalue weighted by Gasteiger charge is 2.22. The van der Waals surface area contributed by atoms with Crippen LogP contribution in [0.5, 0.6) is 11.5 Å². The van der Waals surface area contributed by atoms with Crippen LogP contribution in [0.1, 0.15) is 5.56 Å². The lowest BCUT2D eigenvalue weighted by Crippen LogP contribution is -2.26. The summed E-state index contributed by atoms with van der Waals surface area (Å²) < 4.78 is 36.7. The zero-order valence-corrected chi connectivity index (χ0v) is 13.5. The van der Waals surface area contributed by atoms with Gasteiger partial charge in [0.05, 0.1) is 14.2 Å². The van der Waals surface area contributed by atoms with Crippen LogP contribution in [0.4, 0.5) is 0 Å². The summed E-state index contributed by atoms with van der Waals surface area (Å²) in [6.07, 6.45) is 2.86. The highest BCUT2D eigenvalue weighted by molar-refractivity contribution is 7.89. The van der Waals surface area contributed by atoms with E-state index in [1.54, 1.807) is 38.5 Å². The van der Waals surface area contributed by atoms with E-state index in [9.17, 15) is 8.42 Å². The molecule has 0 spiro atoms. The number of aromatic nitrogens is 1.